The number of nitrogens with one attached hydrogen (secondary N) is 1. The van der Waals surface area contributed by atoms with Gasteiger partial charge in [0, 0.05) is 18.6 Å². The van der Waals surface area contributed by atoms with Crippen LogP contribution in [0.3, 0.4) is 0 Å². The SMILES string of the molecule is Cc1nn2c(c1N)NCC(C)(CCO)C2. The van der Waals surface area contributed by atoms with E-state index in [2.05, 4.69) is 17.3 Å². The van der Waals surface area contributed by atoms with Gasteiger partial charge in [-0.2, -0.15) is 5.10 Å². The van der Waals surface area contributed by atoms with Crippen LogP contribution < -0.4 is 11.1 Å². The molecule has 5 heteroatoms. The molecule has 1 aromatic heterocycles. The minimum atomic E-state index is 0.0622. The van der Waals surface area contributed by atoms with E-state index in [9.17, 15) is 0 Å². The molecule has 0 bridgehead atoms. The molecule has 1 atom stereocenters. The van der Waals surface area contributed by atoms with Crippen LogP contribution in [0.5, 0.6) is 0 Å². The first-order chi connectivity index (χ1) is 7.06. The molecule has 0 radical (unpaired) electrons. The minimum Gasteiger partial charge on any atom is -0.396 e. The van der Waals surface area contributed by atoms with Gasteiger partial charge in [-0.15, -0.1) is 0 Å². The molecule has 0 aliphatic carbocycles. The number of nitrogens with two attached hydrogens (primary N) is 1. The van der Waals surface area contributed by atoms with Gasteiger partial charge >= 0.3 is 0 Å². The zero-order chi connectivity index (χ0) is 11.1. The van der Waals surface area contributed by atoms with Crippen molar-refractivity contribution in [3.05, 3.63) is 5.69 Å². The lowest BCUT2D eigenvalue weighted by Gasteiger charge is -2.34. The molecule has 5 nitrogen and oxygen atoms in total. The predicted octanol–water partition coefficient (Wildman–Crippen LogP) is 0.588. The van der Waals surface area contributed by atoms with Crippen LogP contribution >= 0.6 is 0 Å². The number of fused-ring (bicyclic) bond motifs is 1. The molecule has 1 aromatic rings. The van der Waals surface area contributed by atoms with Crippen molar-refractivity contribution in [2.24, 2.45) is 5.41 Å². The van der Waals surface area contributed by atoms with Gasteiger partial charge in [0.1, 0.15) is 5.82 Å². The van der Waals surface area contributed by atoms with Crippen molar-refractivity contribution < 1.29 is 5.11 Å². The van der Waals surface area contributed by atoms with Gasteiger partial charge in [-0.05, 0) is 13.3 Å². The molecule has 84 valence electrons. The smallest absolute Gasteiger partial charge is 0.148 e. The number of aliphatic hydroxyl groups excluding tert-OH is 1. The Morgan fingerprint density at radius 2 is 2.40 bits per heavy atom. The third kappa shape index (κ3) is 1.67. The molecule has 0 amide bonds. The van der Waals surface area contributed by atoms with Crippen LogP contribution in [0.4, 0.5) is 11.5 Å². The molecule has 1 aliphatic heterocycles. The van der Waals surface area contributed by atoms with Crippen LogP contribution in [0, 0.1) is 12.3 Å². The zero-order valence-corrected chi connectivity index (χ0v) is 9.25. The Balaban J connectivity index is 2.27. The normalized spacial score (nSPS) is 24.7. The lowest BCUT2D eigenvalue weighted by molar-refractivity contribution is 0.174. The van der Waals surface area contributed by atoms with Crippen molar-refractivity contribution >= 4 is 11.5 Å². The van der Waals surface area contributed by atoms with Crippen molar-refractivity contribution in [2.75, 3.05) is 24.2 Å². The van der Waals surface area contributed by atoms with Gasteiger partial charge in [0.2, 0.25) is 0 Å². The van der Waals surface area contributed by atoms with E-state index in [1.165, 1.54) is 0 Å². The molecule has 0 spiro atoms. The summed E-state index contributed by atoms with van der Waals surface area (Å²) >= 11 is 0. The van der Waals surface area contributed by atoms with Gasteiger partial charge in [-0.3, -0.25) is 0 Å². The van der Waals surface area contributed by atoms with E-state index in [4.69, 9.17) is 10.8 Å². The second-order valence-corrected chi connectivity index (χ2v) is 4.64. The molecule has 2 heterocycles. The molecule has 15 heavy (non-hydrogen) atoms. The van der Waals surface area contributed by atoms with E-state index in [1.54, 1.807) is 0 Å². The quantitative estimate of drug-likeness (QED) is 0.667. The van der Waals surface area contributed by atoms with Crippen LogP contribution in [0.25, 0.3) is 0 Å². The van der Waals surface area contributed by atoms with Gasteiger partial charge in [-0.25, -0.2) is 4.68 Å². The third-order valence-corrected chi connectivity index (χ3v) is 3.10. The van der Waals surface area contributed by atoms with Crippen LogP contribution in [-0.4, -0.2) is 28.0 Å². The Bertz CT molecular complexity index is 374. The molecular formula is C10H18N4O. The van der Waals surface area contributed by atoms with E-state index < -0.39 is 0 Å². The van der Waals surface area contributed by atoms with E-state index in [0.29, 0.717) is 0 Å². The van der Waals surface area contributed by atoms with Crippen LogP contribution in [0.15, 0.2) is 0 Å². The number of rotatable bonds is 2. The summed E-state index contributed by atoms with van der Waals surface area (Å²) < 4.78 is 1.91. The Hall–Kier alpha value is -1.23. The van der Waals surface area contributed by atoms with E-state index >= 15 is 0 Å². The fourth-order valence-corrected chi connectivity index (χ4v) is 2.05. The van der Waals surface area contributed by atoms with Gasteiger partial charge in [0.15, 0.2) is 0 Å². The van der Waals surface area contributed by atoms with Gasteiger partial charge in [0.25, 0.3) is 0 Å². The summed E-state index contributed by atoms with van der Waals surface area (Å²) in [6.07, 6.45) is 0.776. The van der Waals surface area contributed by atoms with Gasteiger partial charge < -0.3 is 16.2 Å². The maximum absolute atomic E-state index is 9.01. The largest absolute Gasteiger partial charge is 0.396 e. The molecular weight excluding hydrogens is 192 g/mol. The zero-order valence-electron chi connectivity index (χ0n) is 9.25. The van der Waals surface area contributed by atoms with E-state index in [-0.39, 0.29) is 12.0 Å². The highest BCUT2D eigenvalue weighted by atomic mass is 16.3. The van der Waals surface area contributed by atoms with Crippen molar-refractivity contribution in [3.63, 3.8) is 0 Å². The second kappa shape index (κ2) is 3.41. The number of hydrogen-bond donors (Lipinski definition) is 3. The number of nitrogen functional groups attached to an aromatic ring is 1. The number of hydrogen-bond acceptors (Lipinski definition) is 4. The number of aliphatic hydroxyl groups is 1. The molecule has 1 aliphatic rings. The highest BCUT2D eigenvalue weighted by Gasteiger charge is 2.31. The molecule has 1 unspecified atom stereocenters. The molecule has 4 N–H and O–H groups in total. The van der Waals surface area contributed by atoms with Crippen molar-refractivity contribution in [1.29, 1.82) is 0 Å². The summed E-state index contributed by atoms with van der Waals surface area (Å²) in [5.41, 5.74) is 7.56. The molecule has 0 saturated heterocycles. The summed E-state index contributed by atoms with van der Waals surface area (Å²) in [5.74, 6) is 0.919. The van der Waals surface area contributed by atoms with Crippen LogP contribution in [0.2, 0.25) is 0 Å². The summed E-state index contributed by atoms with van der Waals surface area (Å²) in [6.45, 7) is 5.91. The lowest BCUT2D eigenvalue weighted by Crippen LogP contribution is -2.38. The Labute approximate surface area is 89.3 Å². The lowest BCUT2D eigenvalue weighted by atomic mass is 9.86. The first-order valence-electron chi connectivity index (χ1n) is 5.23. The second-order valence-electron chi connectivity index (χ2n) is 4.64. The van der Waals surface area contributed by atoms with Crippen molar-refractivity contribution in [2.45, 2.75) is 26.8 Å². The standard InChI is InChI=1S/C10H18N4O/c1-7-8(11)9-12-5-10(2,3-4-15)6-14(9)13-7/h12,15H,3-6,11H2,1-2H3. The maximum Gasteiger partial charge on any atom is 0.148 e. The van der Waals surface area contributed by atoms with Gasteiger partial charge in [-0.1, -0.05) is 6.92 Å². The minimum absolute atomic E-state index is 0.0622. The fraction of sp³-hybridized carbons (Fsp3) is 0.700. The van der Waals surface area contributed by atoms with Crippen molar-refractivity contribution in [1.82, 2.24) is 9.78 Å². The van der Waals surface area contributed by atoms with E-state index in [0.717, 1.165) is 36.7 Å². The average Bonchev–Trinajstić information content (AvgIpc) is 2.42. The maximum atomic E-state index is 9.01. The topological polar surface area (TPSA) is 76.1 Å². The highest BCUT2D eigenvalue weighted by Crippen LogP contribution is 2.33. The predicted molar refractivity (Wildman–Crippen MR) is 59.7 cm³/mol. The first kappa shape index (κ1) is 10.3. The summed E-state index contributed by atoms with van der Waals surface area (Å²) in [5, 5.41) is 16.7. The average molecular weight is 210 g/mol. The molecule has 0 aromatic carbocycles. The summed E-state index contributed by atoms with van der Waals surface area (Å²) in [7, 11) is 0. The van der Waals surface area contributed by atoms with Crippen LogP contribution in [0.1, 0.15) is 19.0 Å². The van der Waals surface area contributed by atoms with Gasteiger partial charge in [0.05, 0.1) is 17.9 Å². The number of aromatic nitrogens is 2. The number of nitrogens with zero attached hydrogens (tertiary/aromatic N) is 2. The Kier molecular flexibility index (Phi) is 2.34. The number of anilines is 2. The number of aryl methyl sites for hydroxylation is 1. The Morgan fingerprint density at radius 1 is 1.67 bits per heavy atom. The van der Waals surface area contributed by atoms with Crippen molar-refractivity contribution in [3.8, 4) is 0 Å². The molecule has 0 saturated carbocycles. The first-order valence-corrected chi connectivity index (χ1v) is 5.23. The monoisotopic (exact) mass is 210 g/mol. The Morgan fingerprint density at radius 3 is 3.07 bits per heavy atom. The highest BCUT2D eigenvalue weighted by molar-refractivity contribution is 5.65. The van der Waals surface area contributed by atoms with Crippen LogP contribution in [-0.2, 0) is 6.54 Å². The molecule has 2 rings (SSSR count). The molecule has 0 fully saturated rings. The summed E-state index contributed by atoms with van der Waals surface area (Å²) in [4.78, 5) is 0. The summed E-state index contributed by atoms with van der Waals surface area (Å²) in [6, 6.07) is 0. The fourth-order valence-electron chi connectivity index (χ4n) is 2.05. The third-order valence-electron chi connectivity index (χ3n) is 3.10. The van der Waals surface area contributed by atoms with E-state index in [1.807, 2.05) is 11.6 Å².